The fourth-order valence-electron chi connectivity index (χ4n) is 3.15. The van der Waals surface area contributed by atoms with E-state index in [2.05, 4.69) is 0 Å². The zero-order chi connectivity index (χ0) is 15.5. The minimum absolute atomic E-state index is 0.141. The van der Waals surface area contributed by atoms with E-state index in [-0.39, 0.29) is 25.2 Å². The number of aliphatic hydroxyl groups is 1. The topological polar surface area (TPSA) is 90.3 Å². The van der Waals surface area contributed by atoms with Crippen LogP contribution in [0, 0.1) is 5.41 Å². The molecule has 0 aromatic rings. The number of morpholine rings is 1. The average Bonchev–Trinajstić information content (AvgIpc) is 2.53. The van der Waals surface area contributed by atoms with E-state index in [1.165, 1.54) is 0 Å². The number of carbonyl (C=O) groups is 2. The molecule has 0 bridgehead atoms. The first kappa shape index (κ1) is 16.0. The van der Waals surface area contributed by atoms with Crippen LogP contribution in [0.4, 0.5) is 4.79 Å². The molecule has 120 valence electrons. The van der Waals surface area contributed by atoms with Crippen molar-refractivity contribution in [1.82, 2.24) is 9.80 Å². The smallest absolute Gasteiger partial charge is 0.320 e. The number of likely N-dealkylation sites (tertiary alicyclic amines) is 1. The Morgan fingerprint density at radius 2 is 2.14 bits per heavy atom. The zero-order valence-corrected chi connectivity index (χ0v) is 12.5. The number of hydrogen-bond donors (Lipinski definition) is 2. The lowest BCUT2D eigenvalue weighted by atomic mass is 9.78. The Kier molecular flexibility index (Phi) is 5.05. The summed E-state index contributed by atoms with van der Waals surface area (Å²) >= 11 is 0. The molecule has 0 spiro atoms. The molecular formula is C14H24N2O5. The number of piperidine rings is 1. The molecule has 2 atom stereocenters. The molecular weight excluding hydrogens is 276 g/mol. The number of hydrogen-bond acceptors (Lipinski definition) is 4. The van der Waals surface area contributed by atoms with Gasteiger partial charge in [-0.1, -0.05) is 6.92 Å². The molecule has 21 heavy (non-hydrogen) atoms. The SMILES string of the molecule is CCC1(C(=O)O)CCCN(C(=O)N2CCOCC2CO)C1. The second-order valence-electron chi connectivity index (χ2n) is 5.85. The van der Waals surface area contributed by atoms with Crippen molar-refractivity contribution < 1.29 is 24.5 Å². The van der Waals surface area contributed by atoms with Crippen LogP contribution in [0.25, 0.3) is 0 Å². The van der Waals surface area contributed by atoms with Crippen LogP contribution in [0.2, 0.25) is 0 Å². The summed E-state index contributed by atoms with van der Waals surface area (Å²) in [5, 5.41) is 18.8. The van der Waals surface area contributed by atoms with E-state index in [1.807, 2.05) is 6.92 Å². The Morgan fingerprint density at radius 1 is 1.38 bits per heavy atom. The maximum absolute atomic E-state index is 12.6. The molecule has 0 saturated carbocycles. The molecule has 2 N–H and O–H groups in total. The summed E-state index contributed by atoms with van der Waals surface area (Å²) in [6.45, 7) is 3.75. The van der Waals surface area contributed by atoms with Crippen molar-refractivity contribution in [1.29, 1.82) is 0 Å². The van der Waals surface area contributed by atoms with Crippen LogP contribution in [0.5, 0.6) is 0 Å². The van der Waals surface area contributed by atoms with Crippen LogP contribution in [0.1, 0.15) is 26.2 Å². The fraction of sp³-hybridized carbons (Fsp3) is 0.857. The summed E-state index contributed by atoms with van der Waals surface area (Å²) in [5.41, 5.74) is -0.838. The van der Waals surface area contributed by atoms with Gasteiger partial charge in [0.1, 0.15) is 0 Å². The number of ether oxygens (including phenoxy) is 1. The summed E-state index contributed by atoms with van der Waals surface area (Å²) in [5.74, 6) is -0.830. The summed E-state index contributed by atoms with van der Waals surface area (Å²) in [4.78, 5) is 27.4. The van der Waals surface area contributed by atoms with Crippen molar-refractivity contribution in [3.8, 4) is 0 Å². The van der Waals surface area contributed by atoms with Gasteiger partial charge in [0.05, 0.1) is 31.3 Å². The van der Waals surface area contributed by atoms with Crippen molar-refractivity contribution in [3.05, 3.63) is 0 Å². The second kappa shape index (κ2) is 6.62. The molecule has 2 heterocycles. The molecule has 2 aliphatic rings. The van der Waals surface area contributed by atoms with Gasteiger partial charge in [0.25, 0.3) is 0 Å². The van der Waals surface area contributed by atoms with Crippen LogP contribution in [-0.2, 0) is 9.53 Å². The highest BCUT2D eigenvalue weighted by molar-refractivity contribution is 5.79. The lowest BCUT2D eigenvalue weighted by Gasteiger charge is -2.43. The van der Waals surface area contributed by atoms with Crippen LogP contribution in [-0.4, -0.2) is 77.5 Å². The van der Waals surface area contributed by atoms with Crippen LogP contribution >= 0.6 is 0 Å². The van der Waals surface area contributed by atoms with Gasteiger partial charge in [-0.3, -0.25) is 4.79 Å². The summed E-state index contributed by atoms with van der Waals surface area (Å²) in [6.07, 6.45) is 1.81. The van der Waals surface area contributed by atoms with Crippen molar-refractivity contribution in [2.45, 2.75) is 32.2 Å². The Hall–Kier alpha value is -1.34. The number of aliphatic carboxylic acids is 1. The summed E-state index contributed by atoms with van der Waals surface area (Å²) in [7, 11) is 0. The van der Waals surface area contributed by atoms with Crippen molar-refractivity contribution >= 4 is 12.0 Å². The zero-order valence-electron chi connectivity index (χ0n) is 12.5. The van der Waals surface area contributed by atoms with Crippen LogP contribution in [0.15, 0.2) is 0 Å². The standard InChI is InChI=1S/C14H24N2O5/c1-2-14(12(18)19)4-3-5-15(10-14)13(20)16-6-7-21-9-11(16)8-17/h11,17H,2-10H2,1H3,(H,18,19). The predicted molar refractivity (Wildman–Crippen MR) is 75.0 cm³/mol. The normalized spacial score (nSPS) is 30.3. The first-order valence-electron chi connectivity index (χ1n) is 7.51. The monoisotopic (exact) mass is 300 g/mol. The molecule has 0 aromatic carbocycles. The van der Waals surface area contributed by atoms with E-state index in [0.29, 0.717) is 45.6 Å². The van der Waals surface area contributed by atoms with E-state index >= 15 is 0 Å². The van der Waals surface area contributed by atoms with Gasteiger partial charge in [0.15, 0.2) is 0 Å². The molecule has 2 rings (SSSR count). The highest BCUT2D eigenvalue weighted by atomic mass is 16.5. The third-order valence-electron chi connectivity index (χ3n) is 4.66. The van der Waals surface area contributed by atoms with Gasteiger partial charge in [-0.05, 0) is 19.3 Å². The molecule has 2 fully saturated rings. The molecule has 2 aliphatic heterocycles. The van der Waals surface area contributed by atoms with Crippen molar-refractivity contribution in [2.75, 3.05) is 39.5 Å². The summed E-state index contributed by atoms with van der Waals surface area (Å²) in [6, 6.07) is -0.523. The van der Waals surface area contributed by atoms with Crippen LogP contribution < -0.4 is 0 Å². The number of carboxylic acid groups (broad SMARTS) is 1. The van der Waals surface area contributed by atoms with E-state index in [4.69, 9.17) is 4.74 Å². The Bertz CT molecular complexity index is 403. The molecule has 0 aromatic heterocycles. The fourth-order valence-corrected chi connectivity index (χ4v) is 3.15. The first-order valence-corrected chi connectivity index (χ1v) is 7.51. The molecule has 2 unspecified atom stereocenters. The minimum atomic E-state index is -0.838. The largest absolute Gasteiger partial charge is 0.481 e. The van der Waals surface area contributed by atoms with E-state index in [1.54, 1.807) is 9.80 Å². The molecule has 0 radical (unpaired) electrons. The molecule has 0 aliphatic carbocycles. The average molecular weight is 300 g/mol. The number of rotatable bonds is 3. The van der Waals surface area contributed by atoms with E-state index in [0.717, 1.165) is 0 Å². The number of amides is 2. The van der Waals surface area contributed by atoms with Gasteiger partial charge >= 0.3 is 12.0 Å². The van der Waals surface area contributed by atoms with E-state index in [9.17, 15) is 19.8 Å². The number of carboxylic acids is 1. The Morgan fingerprint density at radius 3 is 2.76 bits per heavy atom. The Balaban J connectivity index is 2.09. The molecule has 2 amide bonds. The third-order valence-corrected chi connectivity index (χ3v) is 4.66. The highest BCUT2D eigenvalue weighted by Crippen LogP contribution is 2.34. The Labute approximate surface area is 124 Å². The number of urea groups is 1. The first-order chi connectivity index (χ1) is 10.0. The highest BCUT2D eigenvalue weighted by Gasteiger charge is 2.43. The number of nitrogens with zero attached hydrogens (tertiary/aromatic N) is 2. The minimum Gasteiger partial charge on any atom is -0.481 e. The molecule has 2 saturated heterocycles. The van der Waals surface area contributed by atoms with Gasteiger partial charge in [0.2, 0.25) is 0 Å². The second-order valence-corrected chi connectivity index (χ2v) is 5.85. The van der Waals surface area contributed by atoms with Crippen molar-refractivity contribution in [3.63, 3.8) is 0 Å². The lowest BCUT2D eigenvalue weighted by Crippen LogP contribution is -2.58. The quantitative estimate of drug-likeness (QED) is 0.786. The third kappa shape index (κ3) is 3.13. The van der Waals surface area contributed by atoms with Crippen LogP contribution in [0.3, 0.4) is 0 Å². The molecule has 7 heteroatoms. The number of aliphatic hydroxyl groups excluding tert-OH is 1. The van der Waals surface area contributed by atoms with Gasteiger partial charge in [-0.2, -0.15) is 0 Å². The maximum atomic E-state index is 12.6. The number of carbonyl (C=O) groups excluding carboxylic acids is 1. The summed E-state index contributed by atoms with van der Waals surface area (Å²) < 4.78 is 5.27. The van der Waals surface area contributed by atoms with Crippen molar-refractivity contribution in [2.24, 2.45) is 5.41 Å². The lowest BCUT2D eigenvalue weighted by molar-refractivity contribution is -0.152. The predicted octanol–water partition coefficient (Wildman–Crippen LogP) is 0.376. The van der Waals surface area contributed by atoms with Gasteiger partial charge in [-0.25, -0.2) is 4.79 Å². The van der Waals surface area contributed by atoms with Gasteiger partial charge < -0.3 is 24.7 Å². The maximum Gasteiger partial charge on any atom is 0.320 e. The van der Waals surface area contributed by atoms with Gasteiger partial charge in [0, 0.05) is 19.6 Å². The molecule has 7 nitrogen and oxygen atoms in total. The van der Waals surface area contributed by atoms with Gasteiger partial charge in [-0.15, -0.1) is 0 Å². The van der Waals surface area contributed by atoms with E-state index < -0.39 is 11.4 Å².